The lowest BCUT2D eigenvalue weighted by molar-refractivity contribution is -0.161. The van der Waals surface area contributed by atoms with Crippen molar-refractivity contribution in [3.8, 4) is 0 Å². The minimum Gasteiger partial charge on any atom is -0.462 e. The molecule has 0 fully saturated rings. The highest BCUT2D eigenvalue weighted by Crippen LogP contribution is 2.17. The first-order valence-electron chi connectivity index (χ1n) is 32.1. The fourth-order valence-corrected chi connectivity index (χ4v) is 8.96. The van der Waals surface area contributed by atoms with Crippen LogP contribution in [0.3, 0.4) is 0 Å². The SMILES string of the molecule is CC/C=C\C/C=C\C/C=C\C/C=C\C/C=C\C/C=C\C/C=C\C/C=C\CCCCCCC(=O)OC(CO)COC(=O)CCCCCCCCCCCCCCCCCCCCCCC/C=C\C/C=C\CCCCCCC. The van der Waals surface area contributed by atoms with Crippen LogP contribution in [0.15, 0.2) is 122 Å². The Kier molecular flexibility index (Phi) is 62.4. The molecular formula is C71H120O5. The first-order valence-corrected chi connectivity index (χ1v) is 32.1. The zero-order chi connectivity index (χ0) is 54.8. The molecule has 0 aliphatic rings. The lowest BCUT2D eigenvalue weighted by Crippen LogP contribution is -2.28. The summed E-state index contributed by atoms with van der Waals surface area (Å²) in [6, 6.07) is 0. The van der Waals surface area contributed by atoms with Gasteiger partial charge in [0.25, 0.3) is 0 Å². The zero-order valence-electron chi connectivity index (χ0n) is 49.7. The first kappa shape index (κ1) is 72.3. The normalized spacial score (nSPS) is 13.0. The average Bonchev–Trinajstić information content (AvgIpc) is 3.42. The Balaban J connectivity index is 3.53. The second-order valence-electron chi connectivity index (χ2n) is 21.1. The quantitative estimate of drug-likeness (QED) is 0.0373. The molecule has 0 spiro atoms. The molecule has 1 atom stereocenters. The van der Waals surface area contributed by atoms with E-state index in [9.17, 15) is 14.7 Å². The Bertz CT molecular complexity index is 1520. The summed E-state index contributed by atoms with van der Waals surface area (Å²) in [4.78, 5) is 24.6. The van der Waals surface area contributed by atoms with Gasteiger partial charge in [0.1, 0.15) is 6.61 Å². The van der Waals surface area contributed by atoms with Crippen LogP contribution in [-0.2, 0) is 19.1 Å². The molecule has 0 aromatic heterocycles. The number of unbranched alkanes of at least 4 members (excludes halogenated alkanes) is 30. The molecule has 434 valence electrons. The first-order chi connectivity index (χ1) is 37.6. The van der Waals surface area contributed by atoms with Gasteiger partial charge in [0, 0.05) is 12.8 Å². The van der Waals surface area contributed by atoms with Gasteiger partial charge < -0.3 is 14.6 Å². The number of ether oxygens (including phenoxy) is 2. The van der Waals surface area contributed by atoms with Crippen LogP contribution in [0.25, 0.3) is 0 Å². The number of carbonyl (C=O) groups is 2. The van der Waals surface area contributed by atoms with Gasteiger partial charge in [0.05, 0.1) is 6.61 Å². The van der Waals surface area contributed by atoms with Gasteiger partial charge in [0.15, 0.2) is 6.10 Å². The minimum absolute atomic E-state index is 0.0810. The third-order valence-corrected chi connectivity index (χ3v) is 13.7. The van der Waals surface area contributed by atoms with E-state index in [1.54, 1.807) is 0 Å². The van der Waals surface area contributed by atoms with E-state index < -0.39 is 6.10 Å². The van der Waals surface area contributed by atoms with Gasteiger partial charge in [0.2, 0.25) is 0 Å². The summed E-state index contributed by atoms with van der Waals surface area (Å²) in [5.41, 5.74) is 0. The summed E-state index contributed by atoms with van der Waals surface area (Å²) in [5.74, 6) is -0.617. The molecule has 0 aliphatic carbocycles. The average molecular weight is 1050 g/mol. The van der Waals surface area contributed by atoms with Gasteiger partial charge in [-0.15, -0.1) is 0 Å². The van der Waals surface area contributed by atoms with Crippen LogP contribution in [0.4, 0.5) is 0 Å². The summed E-state index contributed by atoms with van der Waals surface area (Å²) in [6.07, 6.45) is 96.3. The van der Waals surface area contributed by atoms with Crippen molar-refractivity contribution in [3.05, 3.63) is 122 Å². The second-order valence-corrected chi connectivity index (χ2v) is 21.1. The van der Waals surface area contributed by atoms with Crippen molar-refractivity contribution in [2.24, 2.45) is 0 Å². The van der Waals surface area contributed by atoms with Crippen LogP contribution in [0.1, 0.15) is 296 Å². The van der Waals surface area contributed by atoms with Crippen molar-refractivity contribution in [1.29, 1.82) is 0 Å². The molecule has 5 heteroatoms. The number of carbonyl (C=O) groups excluding carboxylic acids is 2. The largest absolute Gasteiger partial charge is 0.462 e. The van der Waals surface area contributed by atoms with Gasteiger partial charge in [-0.2, -0.15) is 0 Å². The number of allylic oxidation sites excluding steroid dienone is 20. The number of aliphatic hydroxyl groups excluding tert-OH is 1. The highest BCUT2D eigenvalue weighted by atomic mass is 16.6. The number of hydrogen-bond donors (Lipinski definition) is 1. The monoisotopic (exact) mass is 1050 g/mol. The number of rotatable bonds is 58. The van der Waals surface area contributed by atoms with Gasteiger partial charge in [-0.05, 0) is 109 Å². The highest BCUT2D eigenvalue weighted by Gasteiger charge is 2.16. The van der Waals surface area contributed by atoms with Crippen LogP contribution in [0, 0.1) is 0 Å². The van der Waals surface area contributed by atoms with Crippen LogP contribution in [0.2, 0.25) is 0 Å². The number of hydrogen-bond acceptors (Lipinski definition) is 5. The zero-order valence-corrected chi connectivity index (χ0v) is 49.7. The summed E-state index contributed by atoms with van der Waals surface area (Å²) < 4.78 is 10.7. The van der Waals surface area contributed by atoms with E-state index in [0.717, 1.165) is 109 Å². The summed E-state index contributed by atoms with van der Waals surface area (Å²) in [6.45, 7) is 4.01. The second kappa shape index (κ2) is 65.6. The predicted octanol–water partition coefficient (Wildman–Crippen LogP) is 22.2. The molecule has 0 amide bonds. The molecule has 0 bridgehead atoms. The van der Waals surface area contributed by atoms with Crippen LogP contribution in [-0.4, -0.2) is 36.4 Å². The lowest BCUT2D eigenvalue weighted by atomic mass is 10.0. The van der Waals surface area contributed by atoms with E-state index in [1.165, 1.54) is 161 Å². The number of aliphatic hydroxyl groups is 1. The van der Waals surface area contributed by atoms with E-state index in [0.29, 0.717) is 12.8 Å². The molecule has 0 radical (unpaired) electrons. The molecule has 0 heterocycles. The Hall–Kier alpha value is -3.70. The van der Waals surface area contributed by atoms with E-state index in [-0.39, 0.29) is 25.2 Å². The van der Waals surface area contributed by atoms with Crippen molar-refractivity contribution >= 4 is 11.9 Å². The molecule has 0 aromatic rings. The summed E-state index contributed by atoms with van der Waals surface area (Å²) in [5, 5.41) is 9.68. The maximum atomic E-state index is 12.3. The van der Waals surface area contributed by atoms with E-state index in [2.05, 4.69) is 135 Å². The Morgan fingerprint density at radius 1 is 0.316 bits per heavy atom. The van der Waals surface area contributed by atoms with Crippen molar-refractivity contribution in [2.75, 3.05) is 13.2 Å². The Morgan fingerprint density at radius 3 is 0.855 bits per heavy atom. The topological polar surface area (TPSA) is 72.8 Å². The maximum Gasteiger partial charge on any atom is 0.306 e. The van der Waals surface area contributed by atoms with Crippen molar-refractivity contribution < 1.29 is 24.2 Å². The molecule has 5 nitrogen and oxygen atoms in total. The van der Waals surface area contributed by atoms with Gasteiger partial charge >= 0.3 is 11.9 Å². The molecule has 0 rings (SSSR count). The summed E-state index contributed by atoms with van der Waals surface area (Å²) >= 11 is 0. The predicted molar refractivity (Wildman–Crippen MR) is 334 cm³/mol. The van der Waals surface area contributed by atoms with E-state index in [1.807, 2.05) is 0 Å². The van der Waals surface area contributed by atoms with Gasteiger partial charge in [-0.1, -0.05) is 296 Å². The fourth-order valence-electron chi connectivity index (χ4n) is 8.96. The highest BCUT2D eigenvalue weighted by molar-refractivity contribution is 5.70. The maximum absolute atomic E-state index is 12.3. The molecule has 0 aromatic carbocycles. The third-order valence-electron chi connectivity index (χ3n) is 13.7. The minimum atomic E-state index is -0.794. The van der Waals surface area contributed by atoms with Crippen molar-refractivity contribution in [3.63, 3.8) is 0 Å². The lowest BCUT2D eigenvalue weighted by Gasteiger charge is -2.15. The van der Waals surface area contributed by atoms with E-state index >= 15 is 0 Å². The van der Waals surface area contributed by atoms with Crippen LogP contribution < -0.4 is 0 Å². The smallest absolute Gasteiger partial charge is 0.306 e. The van der Waals surface area contributed by atoms with E-state index in [4.69, 9.17) is 9.47 Å². The number of esters is 2. The Labute approximate surface area is 471 Å². The van der Waals surface area contributed by atoms with Gasteiger partial charge in [-0.3, -0.25) is 9.59 Å². The van der Waals surface area contributed by atoms with Gasteiger partial charge in [-0.25, -0.2) is 0 Å². The van der Waals surface area contributed by atoms with Crippen LogP contribution >= 0.6 is 0 Å². The van der Waals surface area contributed by atoms with Crippen molar-refractivity contribution in [1.82, 2.24) is 0 Å². The molecule has 1 unspecified atom stereocenters. The standard InChI is InChI=1S/C71H120O5/c1-3-5-7-9-11-13-15-17-19-21-23-25-27-29-31-33-34-35-36-38-39-41-43-45-47-49-51-53-55-57-59-61-63-65-70(73)75-68-69(67-72)76-71(74)66-64-62-60-58-56-54-52-50-48-46-44-42-40-37-32-30-28-26-24-22-20-18-16-14-12-10-8-6-4-2/h6,8,12,14-15,17-18,20-21,23-24,26,30,32,40,42,46,48,52,54,69,72H,3-5,7,9-11,13,16,19,22,25,27-29,31,33-39,41,43-45,47,49-51,53,55-68H2,1-2H3/b8-6-,14-12-,17-15-,20-18-,23-21-,26-24-,32-30-,42-40-,48-46-,54-52-. The Morgan fingerprint density at radius 2 is 0.566 bits per heavy atom. The van der Waals surface area contributed by atoms with Crippen LogP contribution in [0.5, 0.6) is 0 Å². The molecule has 76 heavy (non-hydrogen) atoms. The molecule has 1 N–H and O–H groups in total. The fraction of sp³-hybridized carbons (Fsp3) is 0.690. The molecule has 0 saturated carbocycles. The summed E-state index contributed by atoms with van der Waals surface area (Å²) in [7, 11) is 0. The molecular weight excluding hydrogens is 933 g/mol. The molecule has 0 aliphatic heterocycles. The van der Waals surface area contributed by atoms with Crippen molar-refractivity contribution in [2.45, 2.75) is 302 Å². The third kappa shape index (κ3) is 62.8. The molecule has 0 saturated heterocycles.